The molecule has 0 spiro atoms. The van der Waals surface area contributed by atoms with Gasteiger partial charge in [0.2, 0.25) is 0 Å². The number of aromatic nitrogens is 1. The molecule has 0 amide bonds. The van der Waals surface area contributed by atoms with E-state index in [1.54, 1.807) is 43.5 Å². The van der Waals surface area contributed by atoms with Crippen LogP contribution in [0.3, 0.4) is 0 Å². The molecule has 0 aliphatic rings. The summed E-state index contributed by atoms with van der Waals surface area (Å²) >= 11 is 1.51. The number of methoxy groups -OCH3 is 2. The van der Waals surface area contributed by atoms with Gasteiger partial charge >= 0.3 is 0 Å². The number of pyridine rings is 1. The smallest absolute Gasteiger partial charge is 0.263 e. The lowest BCUT2D eigenvalue weighted by Gasteiger charge is -2.18. The number of anilines is 1. The van der Waals surface area contributed by atoms with Crippen molar-refractivity contribution in [2.45, 2.75) is 25.7 Å². The highest BCUT2D eigenvalue weighted by Gasteiger charge is 2.24. The van der Waals surface area contributed by atoms with Crippen molar-refractivity contribution >= 4 is 32.9 Å². The van der Waals surface area contributed by atoms with Crippen LogP contribution in [0.1, 0.15) is 30.5 Å². The zero-order chi connectivity index (χ0) is 26.3. The van der Waals surface area contributed by atoms with Gasteiger partial charge in [-0.2, -0.15) is 11.3 Å². The number of hydrogen-bond donors (Lipinski definition) is 2. The van der Waals surface area contributed by atoms with Gasteiger partial charge in [0.05, 0.1) is 30.4 Å². The van der Waals surface area contributed by atoms with E-state index in [0.29, 0.717) is 28.2 Å². The lowest BCUT2D eigenvalue weighted by Crippen LogP contribution is -2.18. The standard InChI is InChI=1S/C25H23N3O4S2.C2H6/c1-16-4-7-19(8-5-16)34(29,30)28-25-23(20(10-12-27-25)17-11-13-33-15-17)24(26)21-9-6-18(31-2)14-22(21)32-3;1-2/h4-15,26H,1-3H3,(H,27,28);1-2H3. The van der Waals surface area contributed by atoms with E-state index in [0.717, 1.165) is 11.1 Å². The maximum absolute atomic E-state index is 13.2. The molecule has 2 aromatic carbocycles. The number of benzene rings is 2. The Bertz CT molecular complexity index is 1430. The Morgan fingerprint density at radius 2 is 1.72 bits per heavy atom. The van der Waals surface area contributed by atoms with Crippen LogP contribution in [0.25, 0.3) is 11.1 Å². The largest absolute Gasteiger partial charge is 0.497 e. The molecule has 2 heterocycles. The van der Waals surface area contributed by atoms with Gasteiger partial charge in [0, 0.05) is 17.8 Å². The number of rotatable bonds is 8. The Balaban J connectivity index is 0.00000176. The summed E-state index contributed by atoms with van der Waals surface area (Å²) in [7, 11) is -0.879. The third kappa shape index (κ3) is 5.75. The van der Waals surface area contributed by atoms with Crippen molar-refractivity contribution in [2.75, 3.05) is 18.9 Å². The summed E-state index contributed by atoms with van der Waals surface area (Å²) < 4.78 is 39.7. The highest BCUT2D eigenvalue weighted by atomic mass is 32.2. The highest BCUT2D eigenvalue weighted by molar-refractivity contribution is 7.92. The molecule has 9 heteroatoms. The van der Waals surface area contributed by atoms with Crippen LogP contribution < -0.4 is 14.2 Å². The van der Waals surface area contributed by atoms with Gasteiger partial charge in [0.25, 0.3) is 10.0 Å². The van der Waals surface area contributed by atoms with Crippen LogP contribution in [-0.4, -0.2) is 33.3 Å². The fourth-order valence-electron chi connectivity index (χ4n) is 3.49. The van der Waals surface area contributed by atoms with Gasteiger partial charge in [-0.3, -0.25) is 10.1 Å². The minimum absolute atomic E-state index is 0.0622. The number of sulfonamides is 1. The maximum Gasteiger partial charge on any atom is 0.263 e. The lowest BCUT2D eigenvalue weighted by molar-refractivity contribution is 0.394. The SMILES string of the molecule is CC.COc1ccc(C(=N)c2c(-c3ccsc3)ccnc2NS(=O)(=O)c2ccc(C)cc2)c(OC)c1. The molecule has 188 valence electrons. The number of thiophene rings is 1. The molecule has 0 radical (unpaired) electrons. The van der Waals surface area contributed by atoms with E-state index >= 15 is 0 Å². The van der Waals surface area contributed by atoms with E-state index < -0.39 is 10.0 Å². The van der Waals surface area contributed by atoms with E-state index in [1.807, 2.05) is 37.6 Å². The Labute approximate surface area is 216 Å². The fraction of sp³-hybridized carbons (Fsp3) is 0.185. The molecule has 0 fully saturated rings. The Kier molecular flexibility index (Phi) is 8.84. The van der Waals surface area contributed by atoms with Crippen molar-refractivity contribution in [3.8, 4) is 22.6 Å². The van der Waals surface area contributed by atoms with Gasteiger partial charge in [0.1, 0.15) is 17.3 Å². The molecule has 0 bridgehead atoms. The topological polar surface area (TPSA) is 101 Å². The minimum Gasteiger partial charge on any atom is -0.497 e. The molecular weight excluding hydrogens is 494 g/mol. The Morgan fingerprint density at radius 3 is 2.33 bits per heavy atom. The predicted molar refractivity (Wildman–Crippen MR) is 146 cm³/mol. The summed E-state index contributed by atoms with van der Waals surface area (Å²) in [5, 5.41) is 12.9. The zero-order valence-corrected chi connectivity index (χ0v) is 22.5. The van der Waals surface area contributed by atoms with E-state index in [1.165, 1.54) is 36.8 Å². The second-order valence-corrected chi connectivity index (χ2v) is 9.92. The molecule has 0 aliphatic carbocycles. The number of nitrogens with one attached hydrogen (secondary N) is 2. The van der Waals surface area contributed by atoms with Crippen LogP contribution in [0, 0.1) is 12.3 Å². The van der Waals surface area contributed by atoms with E-state index in [4.69, 9.17) is 14.9 Å². The van der Waals surface area contributed by atoms with Crippen LogP contribution in [0.5, 0.6) is 11.5 Å². The van der Waals surface area contributed by atoms with Crippen LogP contribution in [0.15, 0.2) is 76.4 Å². The molecule has 0 saturated heterocycles. The van der Waals surface area contributed by atoms with Crippen molar-refractivity contribution in [3.05, 3.63) is 88.2 Å². The molecule has 7 nitrogen and oxygen atoms in total. The summed E-state index contributed by atoms with van der Waals surface area (Å²) in [6.45, 7) is 5.89. The first-order valence-corrected chi connectivity index (χ1v) is 13.7. The van der Waals surface area contributed by atoms with Gasteiger partial charge in [0.15, 0.2) is 0 Å². The maximum atomic E-state index is 13.2. The van der Waals surface area contributed by atoms with Gasteiger partial charge in [-0.05, 0) is 65.2 Å². The van der Waals surface area contributed by atoms with Gasteiger partial charge < -0.3 is 9.47 Å². The first-order chi connectivity index (χ1) is 17.3. The Hall–Kier alpha value is -3.69. The number of ether oxygens (including phenoxy) is 2. The summed E-state index contributed by atoms with van der Waals surface area (Å²) in [6.07, 6.45) is 1.53. The third-order valence-electron chi connectivity index (χ3n) is 5.27. The zero-order valence-electron chi connectivity index (χ0n) is 20.8. The first-order valence-electron chi connectivity index (χ1n) is 11.3. The monoisotopic (exact) mass is 523 g/mol. The van der Waals surface area contributed by atoms with Crippen molar-refractivity contribution in [3.63, 3.8) is 0 Å². The van der Waals surface area contributed by atoms with E-state index in [9.17, 15) is 8.42 Å². The number of nitrogens with zero attached hydrogens (tertiary/aromatic N) is 1. The minimum atomic E-state index is -3.94. The fourth-order valence-corrected chi connectivity index (χ4v) is 5.17. The lowest BCUT2D eigenvalue weighted by atomic mass is 9.95. The number of hydrogen-bond acceptors (Lipinski definition) is 7. The molecule has 4 rings (SSSR count). The molecule has 4 aromatic rings. The first kappa shape index (κ1) is 26.9. The normalized spacial score (nSPS) is 10.7. The average molecular weight is 524 g/mol. The highest BCUT2D eigenvalue weighted by Crippen LogP contribution is 2.35. The second-order valence-electron chi connectivity index (χ2n) is 7.45. The molecule has 2 N–H and O–H groups in total. The van der Waals surface area contributed by atoms with E-state index in [2.05, 4.69) is 9.71 Å². The van der Waals surface area contributed by atoms with Crippen LogP contribution in [-0.2, 0) is 10.0 Å². The molecule has 36 heavy (non-hydrogen) atoms. The summed E-state index contributed by atoms with van der Waals surface area (Å²) in [6, 6.07) is 15.3. The third-order valence-corrected chi connectivity index (χ3v) is 7.31. The van der Waals surface area contributed by atoms with Crippen LogP contribution in [0.4, 0.5) is 5.82 Å². The van der Waals surface area contributed by atoms with Gasteiger partial charge in [-0.1, -0.05) is 31.5 Å². The quantitative estimate of drug-likeness (QED) is 0.261. The van der Waals surface area contributed by atoms with E-state index in [-0.39, 0.29) is 16.4 Å². The summed E-state index contributed by atoms with van der Waals surface area (Å²) in [4.78, 5) is 4.43. The van der Waals surface area contributed by atoms with Gasteiger partial charge in [-0.25, -0.2) is 13.4 Å². The molecule has 0 unspecified atom stereocenters. The van der Waals surface area contributed by atoms with Crippen LogP contribution in [0.2, 0.25) is 0 Å². The number of aryl methyl sites for hydroxylation is 1. The van der Waals surface area contributed by atoms with Gasteiger partial charge in [-0.15, -0.1) is 0 Å². The summed E-state index contributed by atoms with van der Waals surface area (Å²) in [5.41, 5.74) is 3.38. The molecule has 0 saturated carbocycles. The van der Waals surface area contributed by atoms with Crippen LogP contribution >= 0.6 is 11.3 Å². The second kappa shape index (κ2) is 11.8. The van der Waals surface area contributed by atoms with Crippen molar-refractivity contribution in [1.29, 1.82) is 5.41 Å². The average Bonchev–Trinajstić information content (AvgIpc) is 3.44. The Morgan fingerprint density at radius 1 is 1.00 bits per heavy atom. The summed E-state index contributed by atoms with van der Waals surface area (Å²) in [5.74, 6) is 1.07. The molecule has 2 aromatic heterocycles. The van der Waals surface area contributed by atoms with Crippen molar-refractivity contribution in [2.24, 2.45) is 0 Å². The molecule has 0 aliphatic heterocycles. The molecule has 0 atom stereocenters. The van der Waals surface area contributed by atoms with Crippen molar-refractivity contribution < 1.29 is 17.9 Å². The van der Waals surface area contributed by atoms with Crippen molar-refractivity contribution in [1.82, 2.24) is 4.98 Å². The molecular formula is C27H29N3O4S2. The predicted octanol–water partition coefficient (Wildman–Crippen LogP) is 6.38.